The number of rotatable bonds is 10. The van der Waals surface area contributed by atoms with Gasteiger partial charge in [-0.05, 0) is 93.3 Å². The van der Waals surface area contributed by atoms with E-state index < -0.39 is 67.5 Å². The predicted molar refractivity (Wildman–Crippen MR) is 260 cm³/mol. The SMILES string of the molecule is CC[C@]1(NS(=O)(=O)c2ccc(C)cc2)C[C@H]2CN(CCc3c([nH]c4ccccc34)[C@@](C(=O)OC)(c3cc4c(cc3OC)N(C)[C@H]3[C@@](O)(C(=O)OC)[C@H](OC(C)=O)[C@]5(CC)C=CCN6CC[C@]43[C@@H]65)C2)C1. The maximum atomic E-state index is 15.7. The number of H-pyrrole nitrogens is 1. The summed E-state index contributed by atoms with van der Waals surface area (Å²) >= 11 is 0. The number of para-hydroxylation sites is 1. The number of ether oxygens (including phenoxy) is 4. The van der Waals surface area contributed by atoms with Crippen LogP contribution in [0.2, 0.25) is 0 Å². The zero-order chi connectivity index (χ0) is 49.1. The van der Waals surface area contributed by atoms with E-state index in [4.69, 9.17) is 18.9 Å². The quantitative estimate of drug-likeness (QED) is 0.106. The number of hydrogen-bond acceptors (Lipinski definition) is 13. The molecule has 1 unspecified atom stereocenters. The molecule has 3 N–H and O–H groups in total. The number of benzene rings is 3. The summed E-state index contributed by atoms with van der Waals surface area (Å²) in [5, 5.41) is 14.4. The van der Waals surface area contributed by atoms with Crippen LogP contribution in [0.15, 0.2) is 77.7 Å². The zero-order valence-corrected chi connectivity index (χ0v) is 41.7. The van der Waals surface area contributed by atoms with Gasteiger partial charge in [-0.1, -0.05) is 61.9 Å². The third kappa shape index (κ3) is 6.64. The van der Waals surface area contributed by atoms with Crippen LogP contribution in [0.1, 0.15) is 80.8 Å². The monoisotopic (exact) mass is 963 g/mol. The van der Waals surface area contributed by atoms with Crippen LogP contribution in [0.25, 0.3) is 10.9 Å². The highest BCUT2D eigenvalue weighted by Crippen LogP contribution is 2.68. The number of nitrogens with one attached hydrogen (secondary N) is 2. The molecule has 0 amide bonds. The van der Waals surface area contributed by atoms with Crippen LogP contribution in [0.3, 0.4) is 0 Å². The van der Waals surface area contributed by atoms with Gasteiger partial charge in [0.25, 0.3) is 0 Å². The number of likely N-dealkylation sites (N-methyl/N-ethyl adjacent to an activating group) is 1. The molecule has 0 radical (unpaired) electrons. The third-order valence-electron chi connectivity index (χ3n) is 17.3. The van der Waals surface area contributed by atoms with Crippen molar-refractivity contribution in [2.24, 2.45) is 11.3 Å². The highest BCUT2D eigenvalue weighted by atomic mass is 32.2. The van der Waals surface area contributed by atoms with E-state index in [0.717, 1.165) is 27.6 Å². The number of aliphatic hydroxyl groups is 1. The van der Waals surface area contributed by atoms with Crippen LogP contribution >= 0.6 is 0 Å². The maximum Gasteiger partial charge on any atom is 0.344 e. The van der Waals surface area contributed by atoms with E-state index in [1.807, 2.05) is 69.1 Å². The van der Waals surface area contributed by atoms with Crippen LogP contribution < -0.4 is 14.4 Å². The average Bonchev–Trinajstić information content (AvgIpc) is 4.00. The lowest BCUT2D eigenvalue weighted by atomic mass is 9.47. The standard InChI is InChI=1S/C53H65N5O10S/c1-9-49(55-69(63,64)35-18-16-32(3)17-19-35)28-34-29-52(47(60)66-7,43-37(20-24-57(30-34)31-49)36-14-11-12-15-40(36)54-43)39-26-38-41(27-42(39)65-6)56(5)45-51(38)22-25-58-23-13-21-50(10-2,44(51)58)46(68-33(4)59)53(45,62)48(61)67-8/h11-19,21,26-27,34,44-46,54-55,62H,9-10,20,22-25,28-31H2,1-8H3/t34-,44+,45-,46-,49+,50-,51-,52+,53+/m1/s1. The minimum absolute atomic E-state index is 0.196. The smallest absolute Gasteiger partial charge is 0.344 e. The van der Waals surface area contributed by atoms with Crippen LogP contribution in [0, 0.1) is 18.3 Å². The number of carbonyl (C=O) groups is 3. The largest absolute Gasteiger partial charge is 0.496 e. The minimum atomic E-state index is -3.96. The average molecular weight is 964 g/mol. The summed E-state index contributed by atoms with van der Waals surface area (Å²) in [6.07, 6.45) is 5.44. The molecular weight excluding hydrogens is 899 g/mol. The first-order valence-electron chi connectivity index (χ1n) is 24.3. The van der Waals surface area contributed by atoms with Crippen molar-refractivity contribution in [1.29, 1.82) is 0 Å². The fourth-order valence-electron chi connectivity index (χ4n) is 14.7. The first-order valence-corrected chi connectivity index (χ1v) is 25.8. The fourth-order valence-corrected chi connectivity index (χ4v) is 16.2. The summed E-state index contributed by atoms with van der Waals surface area (Å²) in [7, 11) is 2.12. The fraction of sp³-hybridized carbons (Fsp3) is 0.528. The van der Waals surface area contributed by atoms with E-state index in [2.05, 4.69) is 31.6 Å². The Morgan fingerprint density at radius 2 is 1.67 bits per heavy atom. The molecule has 69 heavy (non-hydrogen) atoms. The van der Waals surface area contributed by atoms with Crippen molar-refractivity contribution in [2.45, 2.75) is 111 Å². The van der Waals surface area contributed by atoms with E-state index in [0.29, 0.717) is 87.5 Å². The second kappa shape index (κ2) is 16.7. The van der Waals surface area contributed by atoms with Gasteiger partial charge in [0.1, 0.15) is 11.2 Å². The van der Waals surface area contributed by atoms with Crippen molar-refractivity contribution in [2.75, 3.05) is 66.0 Å². The lowest BCUT2D eigenvalue weighted by Crippen LogP contribution is -2.81. The van der Waals surface area contributed by atoms with Crippen molar-refractivity contribution in [3.05, 3.63) is 101 Å². The number of sulfonamides is 1. The molecule has 10 atom stereocenters. The summed E-state index contributed by atoms with van der Waals surface area (Å²) in [6.45, 7) is 10.2. The molecule has 6 aliphatic rings. The number of nitrogens with zero attached hydrogens (tertiary/aromatic N) is 3. The van der Waals surface area contributed by atoms with Gasteiger partial charge >= 0.3 is 17.9 Å². The molecule has 10 rings (SSSR count). The molecule has 1 aliphatic carbocycles. The number of esters is 3. The molecule has 4 aromatic rings. The number of fused-ring (bicyclic) bond motifs is 6. The molecule has 15 nitrogen and oxygen atoms in total. The minimum Gasteiger partial charge on any atom is -0.496 e. The Labute approximate surface area is 404 Å². The van der Waals surface area contributed by atoms with E-state index >= 15 is 4.79 Å². The third-order valence-corrected chi connectivity index (χ3v) is 18.9. The van der Waals surface area contributed by atoms with Crippen molar-refractivity contribution < 1.29 is 46.9 Å². The van der Waals surface area contributed by atoms with Gasteiger partial charge < -0.3 is 38.8 Å². The predicted octanol–water partition coefficient (Wildman–Crippen LogP) is 5.29. The molecule has 2 bridgehead atoms. The summed E-state index contributed by atoms with van der Waals surface area (Å²) in [5.74, 6) is -1.88. The summed E-state index contributed by atoms with van der Waals surface area (Å²) in [4.78, 5) is 54.0. The molecule has 3 aromatic carbocycles. The summed E-state index contributed by atoms with van der Waals surface area (Å²) in [6, 6.07) is 17.6. The Morgan fingerprint density at radius 3 is 2.35 bits per heavy atom. The van der Waals surface area contributed by atoms with Crippen molar-refractivity contribution >= 4 is 44.5 Å². The van der Waals surface area contributed by atoms with Gasteiger partial charge in [-0.25, -0.2) is 17.9 Å². The molecule has 2 saturated heterocycles. The number of aryl methyl sites for hydroxylation is 1. The van der Waals surface area contributed by atoms with Gasteiger partial charge in [-0.3, -0.25) is 14.5 Å². The van der Waals surface area contributed by atoms with E-state index in [9.17, 15) is 23.1 Å². The molecule has 6 heterocycles. The molecule has 1 saturated carbocycles. The Morgan fingerprint density at radius 1 is 0.928 bits per heavy atom. The second-order valence-corrected chi connectivity index (χ2v) is 22.4. The number of carbonyl (C=O) groups excluding carboxylic acids is 3. The number of anilines is 1. The molecular formula is C53H65N5O10S. The van der Waals surface area contributed by atoms with Crippen LogP contribution in [-0.2, 0) is 55.9 Å². The molecule has 16 heteroatoms. The highest BCUT2D eigenvalue weighted by molar-refractivity contribution is 7.89. The van der Waals surface area contributed by atoms with Gasteiger partial charge in [-0.2, -0.15) is 0 Å². The number of hydrogen-bond donors (Lipinski definition) is 3. The number of piperidine rings is 1. The normalized spacial score (nSPS) is 33.5. The van der Waals surface area contributed by atoms with Crippen LogP contribution in [0.5, 0.6) is 5.75 Å². The number of aromatic nitrogens is 1. The number of aromatic amines is 1. The van der Waals surface area contributed by atoms with Gasteiger partial charge in [0.05, 0.1) is 32.3 Å². The Bertz CT molecular complexity index is 2890. The lowest BCUT2D eigenvalue weighted by Gasteiger charge is -2.63. The summed E-state index contributed by atoms with van der Waals surface area (Å²) in [5.41, 5.74) is -1.24. The van der Waals surface area contributed by atoms with E-state index in [1.165, 1.54) is 21.1 Å². The topological polar surface area (TPSA) is 180 Å². The molecule has 368 valence electrons. The Kier molecular flexibility index (Phi) is 11.5. The van der Waals surface area contributed by atoms with Crippen molar-refractivity contribution in [3.63, 3.8) is 0 Å². The van der Waals surface area contributed by atoms with E-state index in [1.54, 1.807) is 31.4 Å². The Balaban J connectivity index is 1.22. The zero-order valence-electron chi connectivity index (χ0n) is 40.9. The highest BCUT2D eigenvalue weighted by Gasteiger charge is 2.80. The van der Waals surface area contributed by atoms with Crippen molar-refractivity contribution in [1.82, 2.24) is 19.5 Å². The second-order valence-electron chi connectivity index (χ2n) is 20.7. The molecule has 5 aliphatic heterocycles. The Hall–Kier alpha value is -5.26. The van der Waals surface area contributed by atoms with Gasteiger partial charge in [0.15, 0.2) is 6.10 Å². The number of methoxy groups -OCH3 is 3. The molecule has 1 spiro atoms. The van der Waals surface area contributed by atoms with Gasteiger partial charge in [0, 0.05) is 96.5 Å². The van der Waals surface area contributed by atoms with Crippen LogP contribution in [0.4, 0.5) is 5.69 Å². The van der Waals surface area contributed by atoms with Gasteiger partial charge in [0.2, 0.25) is 15.6 Å². The summed E-state index contributed by atoms with van der Waals surface area (Å²) < 4.78 is 56.0. The molecule has 1 aromatic heterocycles. The van der Waals surface area contributed by atoms with Crippen LogP contribution in [-0.4, -0.2) is 137 Å². The maximum absolute atomic E-state index is 15.7. The molecule has 3 fully saturated rings. The van der Waals surface area contributed by atoms with Gasteiger partial charge in [-0.15, -0.1) is 0 Å². The van der Waals surface area contributed by atoms with E-state index in [-0.39, 0.29) is 23.3 Å². The first kappa shape index (κ1) is 47.4. The van der Waals surface area contributed by atoms with Crippen molar-refractivity contribution in [3.8, 4) is 5.75 Å². The first-order chi connectivity index (χ1) is 32.9. The lowest BCUT2D eigenvalue weighted by molar-refractivity contribution is -0.228.